The summed E-state index contributed by atoms with van der Waals surface area (Å²) in [5.41, 5.74) is 3.28. The minimum Gasteiger partial charge on any atom is -0.492 e. The third-order valence-electron chi connectivity index (χ3n) is 5.89. The van der Waals surface area contributed by atoms with Crippen LogP contribution in [0.2, 0.25) is 0 Å². The number of anilines is 3. The molecule has 0 radical (unpaired) electrons. The van der Waals surface area contributed by atoms with Gasteiger partial charge in [-0.05, 0) is 25.8 Å². The van der Waals surface area contributed by atoms with E-state index in [1.807, 2.05) is 60.3 Å². The molecular weight excluding hydrogens is 462 g/mol. The highest BCUT2D eigenvalue weighted by Crippen LogP contribution is 2.42. The Morgan fingerprint density at radius 1 is 1.00 bits per heavy atom. The molecule has 0 amide bonds. The lowest BCUT2D eigenvalue weighted by Crippen LogP contribution is -2.36. The van der Waals surface area contributed by atoms with E-state index in [1.54, 1.807) is 0 Å². The van der Waals surface area contributed by atoms with Crippen LogP contribution in [0.15, 0.2) is 47.3 Å². The number of rotatable bonds is 11. The smallest absolute Gasteiger partial charge is 0.284 e. The Balaban J connectivity index is 1.79. The molecule has 1 aliphatic heterocycles. The van der Waals surface area contributed by atoms with Gasteiger partial charge in [0.15, 0.2) is 0 Å². The molecule has 1 saturated heterocycles. The highest BCUT2D eigenvalue weighted by atomic mass is 32.1. The van der Waals surface area contributed by atoms with Crippen LogP contribution in [0.25, 0.3) is 10.4 Å². The van der Waals surface area contributed by atoms with Gasteiger partial charge in [0.2, 0.25) is 0 Å². The van der Waals surface area contributed by atoms with Crippen LogP contribution in [0, 0.1) is 0 Å². The van der Waals surface area contributed by atoms with E-state index < -0.39 is 0 Å². The summed E-state index contributed by atoms with van der Waals surface area (Å²) < 4.78 is 19.5. The molecule has 1 aromatic heterocycles. The van der Waals surface area contributed by atoms with E-state index in [-0.39, 0.29) is 5.56 Å². The number of morpholine rings is 1. The Morgan fingerprint density at radius 2 is 1.71 bits per heavy atom. The lowest BCUT2D eigenvalue weighted by Gasteiger charge is -2.31. The number of ether oxygens (including phenoxy) is 3. The zero-order chi connectivity index (χ0) is 24.6. The molecule has 2 heterocycles. The van der Waals surface area contributed by atoms with Crippen LogP contribution >= 0.6 is 11.5 Å². The number of aromatic nitrogens is 1. The number of benzene rings is 2. The van der Waals surface area contributed by atoms with E-state index in [0.717, 1.165) is 53.5 Å². The molecule has 7 nitrogen and oxygen atoms in total. The van der Waals surface area contributed by atoms with Crippen LogP contribution < -0.4 is 25.2 Å². The predicted molar refractivity (Wildman–Crippen MR) is 144 cm³/mol. The highest BCUT2D eigenvalue weighted by Gasteiger charge is 2.22. The highest BCUT2D eigenvalue weighted by molar-refractivity contribution is 7.10. The van der Waals surface area contributed by atoms with Gasteiger partial charge in [0.25, 0.3) is 5.56 Å². The number of hydrogen-bond donors (Lipinski definition) is 1. The van der Waals surface area contributed by atoms with Gasteiger partial charge >= 0.3 is 0 Å². The average molecular weight is 498 g/mol. The Kier molecular flexibility index (Phi) is 8.71. The molecule has 0 saturated carbocycles. The fourth-order valence-corrected chi connectivity index (χ4v) is 5.23. The fourth-order valence-electron chi connectivity index (χ4n) is 4.14. The predicted octanol–water partition coefficient (Wildman–Crippen LogP) is 5.75. The standard InChI is InChI=1S/C27H35N3O4S/c1-4-7-13-30-27(31)25(26(35-30)20-11-9-8-10-12-20)28-21-18-24(34-6-3)22(19-23(21)33-5-2)29-14-16-32-17-15-29/h8-12,18-19,28H,4-7,13-17H2,1-3H3. The summed E-state index contributed by atoms with van der Waals surface area (Å²) in [7, 11) is 0. The van der Waals surface area contributed by atoms with E-state index in [9.17, 15) is 4.79 Å². The Bertz CT molecular complexity index is 1150. The zero-order valence-electron chi connectivity index (χ0n) is 20.8. The molecule has 2 aromatic carbocycles. The van der Waals surface area contributed by atoms with Crippen molar-refractivity contribution in [2.45, 2.75) is 40.2 Å². The van der Waals surface area contributed by atoms with E-state index in [4.69, 9.17) is 14.2 Å². The molecular formula is C27H35N3O4S. The molecule has 188 valence electrons. The molecule has 1 N–H and O–H groups in total. The summed E-state index contributed by atoms with van der Waals surface area (Å²) in [6.45, 7) is 10.8. The van der Waals surface area contributed by atoms with Crippen LogP contribution in [0.3, 0.4) is 0 Å². The summed E-state index contributed by atoms with van der Waals surface area (Å²) in [6, 6.07) is 14.0. The lowest BCUT2D eigenvalue weighted by atomic mass is 10.1. The third kappa shape index (κ3) is 5.82. The number of hydrogen-bond acceptors (Lipinski definition) is 7. The number of nitrogens with one attached hydrogen (secondary N) is 1. The van der Waals surface area contributed by atoms with Crippen LogP contribution in [0.4, 0.5) is 17.1 Å². The Morgan fingerprint density at radius 3 is 2.40 bits per heavy atom. The number of nitrogens with zero attached hydrogens (tertiary/aromatic N) is 2. The van der Waals surface area contributed by atoms with Gasteiger partial charge in [0.05, 0.1) is 42.7 Å². The van der Waals surface area contributed by atoms with Gasteiger partial charge in [-0.1, -0.05) is 55.2 Å². The van der Waals surface area contributed by atoms with Crippen molar-refractivity contribution in [2.75, 3.05) is 49.7 Å². The van der Waals surface area contributed by atoms with Crippen LogP contribution in [-0.4, -0.2) is 43.5 Å². The van der Waals surface area contributed by atoms with Gasteiger partial charge in [-0.3, -0.25) is 8.75 Å². The normalized spacial score (nSPS) is 13.6. The fraction of sp³-hybridized carbons (Fsp3) is 0.444. The summed E-state index contributed by atoms with van der Waals surface area (Å²) in [6.07, 6.45) is 1.99. The first-order valence-electron chi connectivity index (χ1n) is 12.5. The van der Waals surface area contributed by atoms with E-state index in [0.29, 0.717) is 44.4 Å². The second kappa shape index (κ2) is 12.1. The molecule has 3 aromatic rings. The SMILES string of the molecule is CCCCn1sc(-c2ccccc2)c(Nc2cc(OCC)c(N3CCOCC3)cc2OCC)c1=O. The maximum atomic E-state index is 13.5. The Hall–Kier alpha value is -2.97. The van der Waals surface area contributed by atoms with E-state index >= 15 is 0 Å². The van der Waals surface area contributed by atoms with Gasteiger partial charge in [-0.15, -0.1) is 0 Å². The van der Waals surface area contributed by atoms with Crippen molar-refractivity contribution in [3.63, 3.8) is 0 Å². The van der Waals surface area contributed by atoms with Crippen molar-refractivity contribution in [3.8, 4) is 21.9 Å². The van der Waals surface area contributed by atoms with Gasteiger partial charge in [-0.2, -0.15) is 0 Å². The van der Waals surface area contributed by atoms with Crippen molar-refractivity contribution in [2.24, 2.45) is 0 Å². The van der Waals surface area contributed by atoms with Crippen LogP contribution in [-0.2, 0) is 11.3 Å². The maximum Gasteiger partial charge on any atom is 0.284 e. The second-order valence-electron chi connectivity index (χ2n) is 8.33. The topological polar surface area (TPSA) is 65.0 Å². The van der Waals surface area contributed by atoms with Crippen LogP contribution in [0.5, 0.6) is 11.5 Å². The second-order valence-corrected chi connectivity index (χ2v) is 9.36. The number of unbranched alkanes of at least 4 members (excludes halogenated alkanes) is 1. The molecule has 1 fully saturated rings. The monoisotopic (exact) mass is 497 g/mol. The molecule has 0 bridgehead atoms. The summed E-state index contributed by atoms with van der Waals surface area (Å²) in [5, 5.41) is 3.45. The summed E-state index contributed by atoms with van der Waals surface area (Å²) in [5.74, 6) is 1.46. The first-order valence-corrected chi connectivity index (χ1v) is 13.3. The van der Waals surface area contributed by atoms with Gasteiger partial charge in [-0.25, -0.2) is 0 Å². The molecule has 1 aliphatic rings. The van der Waals surface area contributed by atoms with Gasteiger partial charge < -0.3 is 24.4 Å². The Labute approximate surface area is 211 Å². The maximum absolute atomic E-state index is 13.5. The van der Waals surface area contributed by atoms with Crippen molar-refractivity contribution >= 4 is 28.6 Å². The molecule has 4 rings (SSSR count). The number of aryl methyl sites for hydroxylation is 1. The van der Waals surface area contributed by atoms with Crippen molar-refractivity contribution in [1.29, 1.82) is 0 Å². The van der Waals surface area contributed by atoms with E-state index in [1.165, 1.54) is 11.5 Å². The molecule has 0 aliphatic carbocycles. The van der Waals surface area contributed by atoms with Gasteiger partial charge in [0, 0.05) is 31.8 Å². The molecule has 8 heteroatoms. The quantitative estimate of drug-likeness (QED) is 0.364. The van der Waals surface area contributed by atoms with E-state index in [2.05, 4.69) is 17.1 Å². The van der Waals surface area contributed by atoms with Crippen LogP contribution in [0.1, 0.15) is 33.6 Å². The summed E-state index contributed by atoms with van der Waals surface area (Å²) >= 11 is 1.51. The molecule has 0 spiro atoms. The minimum absolute atomic E-state index is 0.0139. The third-order valence-corrected chi connectivity index (χ3v) is 7.08. The van der Waals surface area contributed by atoms with Crippen molar-refractivity contribution in [1.82, 2.24) is 3.96 Å². The average Bonchev–Trinajstić information content (AvgIpc) is 3.20. The first-order chi connectivity index (χ1) is 17.2. The first kappa shape index (κ1) is 25.1. The lowest BCUT2D eigenvalue weighted by molar-refractivity contribution is 0.122. The van der Waals surface area contributed by atoms with Crippen molar-refractivity contribution < 1.29 is 14.2 Å². The minimum atomic E-state index is -0.0139. The molecule has 0 unspecified atom stereocenters. The zero-order valence-corrected chi connectivity index (χ0v) is 21.7. The largest absolute Gasteiger partial charge is 0.492 e. The molecule has 0 atom stereocenters. The molecule has 35 heavy (non-hydrogen) atoms. The van der Waals surface area contributed by atoms with Crippen molar-refractivity contribution in [3.05, 3.63) is 52.8 Å². The summed E-state index contributed by atoms with van der Waals surface area (Å²) in [4.78, 5) is 16.7. The van der Waals surface area contributed by atoms with Gasteiger partial charge in [0.1, 0.15) is 17.2 Å².